The zero-order valence-corrected chi connectivity index (χ0v) is 7.32. The molecular weight excluding hydrogens is 166 g/mol. The van der Waals surface area contributed by atoms with Gasteiger partial charge in [-0.3, -0.25) is 0 Å². The van der Waals surface area contributed by atoms with Crippen LogP contribution in [0.5, 0.6) is 5.75 Å². The highest BCUT2D eigenvalue weighted by molar-refractivity contribution is 5.46. The van der Waals surface area contributed by atoms with E-state index in [1.165, 1.54) is 0 Å². The molecule has 0 saturated carbocycles. The fourth-order valence-electron chi connectivity index (χ4n) is 0.987. The first-order chi connectivity index (χ1) is 6.31. The lowest BCUT2D eigenvalue weighted by Gasteiger charge is -2.05. The molecule has 1 rings (SSSR count). The van der Waals surface area contributed by atoms with Gasteiger partial charge >= 0.3 is 0 Å². The van der Waals surface area contributed by atoms with Gasteiger partial charge in [0.05, 0.1) is 12.2 Å². The molecule has 67 valence electrons. The van der Waals surface area contributed by atoms with Gasteiger partial charge in [-0.05, 0) is 24.6 Å². The van der Waals surface area contributed by atoms with Crippen molar-refractivity contribution in [2.75, 3.05) is 6.61 Å². The van der Waals surface area contributed by atoms with Gasteiger partial charge < -0.3 is 9.84 Å². The Labute approximate surface area is 77.2 Å². The van der Waals surface area contributed by atoms with E-state index in [2.05, 4.69) is 0 Å². The Morgan fingerprint density at radius 1 is 1.62 bits per heavy atom. The first-order valence-corrected chi connectivity index (χ1v) is 3.96. The van der Waals surface area contributed by atoms with Gasteiger partial charge in [-0.15, -0.1) is 0 Å². The molecule has 0 aliphatic carbocycles. The van der Waals surface area contributed by atoms with Gasteiger partial charge in [-0.2, -0.15) is 5.26 Å². The van der Waals surface area contributed by atoms with E-state index in [1.807, 2.05) is 13.0 Å². The minimum atomic E-state index is 0.479. The van der Waals surface area contributed by atoms with Gasteiger partial charge in [0, 0.05) is 0 Å². The van der Waals surface area contributed by atoms with E-state index in [1.54, 1.807) is 18.2 Å². The van der Waals surface area contributed by atoms with Crippen molar-refractivity contribution in [3.63, 3.8) is 0 Å². The highest BCUT2D eigenvalue weighted by Crippen LogP contribution is 2.19. The molecule has 0 fully saturated rings. The maximum absolute atomic E-state index is 8.73. The number of rotatable bonds is 3. The largest absolute Gasteiger partial charge is 0.492 e. The molecule has 0 spiro atoms. The second kappa shape index (κ2) is 4.48. The standard InChI is InChI=1S/C10H10NO2/c1-2-13-10-5-8(7-12)3-4-9(10)6-11/h3-5,7,12H,2H2,1H3. The second-order valence-electron chi connectivity index (χ2n) is 2.43. The van der Waals surface area contributed by atoms with Crippen LogP contribution < -0.4 is 4.74 Å². The van der Waals surface area contributed by atoms with Gasteiger partial charge in [0.2, 0.25) is 0 Å². The molecule has 0 bridgehead atoms. The quantitative estimate of drug-likeness (QED) is 0.764. The van der Waals surface area contributed by atoms with Crippen molar-refractivity contribution >= 4 is 0 Å². The summed E-state index contributed by atoms with van der Waals surface area (Å²) in [7, 11) is 0. The Bertz CT molecular complexity index is 328. The lowest BCUT2D eigenvalue weighted by Crippen LogP contribution is -1.95. The molecule has 1 N–H and O–H groups in total. The number of nitriles is 1. The smallest absolute Gasteiger partial charge is 0.137 e. The van der Waals surface area contributed by atoms with Crippen LogP contribution in [0.15, 0.2) is 18.2 Å². The first kappa shape index (κ1) is 9.56. The van der Waals surface area contributed by atoms with E-state index in [0.717, 1.165) is 6.61 Å². The maximum atomic E-state index is 8.73. The lowest BCUT2D eigenvalue weighted by atomic mass is 10.1. The predicted octanol–water partition coefficient (Wildman–Crippen LogP) is 1.84. The third-order valence-corrected chi connectivity index (χ3v) is 1.58. The normalized spacial score (nSPS) is 9.31. The van der Waals surface area contributed by atoms with Crippen molar-refractivity contribution in [1.82, 2.24) is 0 Å². The van der Waals surface area contributed by atoms with Crippen molar-refractivity contribution in [1.29, 1.82) is 5.26 Å². The Kier molecular flexibility index (Phi) is 3.30. The topological polar surface area (TPSA) is 53.2 Å². The number of aliphatic hydroxyl groups excluding tert-OH is 1. The van der Waals surface area contributed by atoms with Crippen LogP contribution in [-0.2, 0) is 0 Å². The SMILES string of the molecule is CCOc1cc([CH]O)ccc1C#N. The zero-order valence-electron chi connectivity index (χ0n) is 7.32. The van der Waals surface area contributed by atoms with Crippen molar-refractivity contribution in [3.8, 4) is 11.8 Å². The Morgan fingerprint density at radius 3 is 2.92 bits per heavy atom. The van der Waals surface area contributed by atoms with Crippen molar-refractivity contribution in [3.05, 3.63) is 35.9 Å². The minimum Gasteiger partial charge on any atom is -0.492 e. The van der Waals surface area contributed by atoms with E-state index in [-0.39, 0.29) is 0 Å². The molecule has 0 unspecified atom stereocenters. The van der Waals surface area contributed by atoms with Crippen LogP contribution >= 0.6 is 0 Å². The van der Waals surface area contributed by atoms with Gasteiger partial charge in [-0.1, -0.05) is 6.07 Å². The molecule has 0 aliphatic heterocycles. The highest BCUT2D eigenvalue weighted by atomic mass is 16.5. The van der Waals surface area contributed by atoms with E-state index in [0.29, 0.717) is 23.5 Å². The van der Waals surface area contributed by atoms with Gasteiger partial charge in [-0.25, -0.2) is 0 Å². The van der Waals surface area contributed by atoms with E-state index < -0.39 is 0 Å². The van der Waals surface area contributed by atoms with Crippen LogP contribution in [-0.4, -0.2) is 11.7 Å². The molecule has 0 saturated heterocycles. The average molecular weight is 176 g/mol. The third-order valence-electron chi connectivity index (χ3n) is 1.58. The van der Waals surface area contributed by atoms with Gasteiger partial charge in [0.25, 0.3) is 0 Å². The molecule has 0 amide bonds. The first-order valence-electron chi connectivity index (χ1n) is 3.96. The molecule has 0 aromatic heterocycles. The number of benzene rings is 1. The lowest BCUT2D eigenvalue weighted by molar-refractivity contribution is 0.338. The molecule has 0 atom stereocenters. The van der Waals surface area contributed by atoms with Gasteiger partial charge in [0.15, 0.2) is 0 Å². The molecule has 0 aliphatic rings. The van der Waals surface area contributed by atoms with Crippen LogP contribution in [0.25, 0.3) is 0 Å². The molecule has 3 nitrogen and oxygen atoms in total. The van der Waals surface area contributed by atoms with Gasteiger partial charge in [0.1, 0.15) is 18.4 Å². The summed E-state index contributed by atoms with van der Waals surface area (Å²) in [6.45, 7) is 3.32. The molecule has 1 radical (unpaired) electrons. The van der Waals surface area contributed by atoms with E-state index in [4.69, 9.17) is 15.1 Å². The minimum absolute atomic E-state index is 0.479. The monoisotopic (exact) mass is 176 g/mol. The number of aliphatic hydroxyl groups is 1. The van der Waals surface area contributed by atoms with Crippen LogP contribution in [0.1, 0.15) is 18.1 Å². The Balaban J connectivity index is 3.04. The molecule has 1 aromatic carbocycles. The van der Waals surface area contributed by atoms with Crippen molar-refractivity contribution in [2.24, 2.45) is 0 Å². The summed E-state index contributed by atoms with van der Waals surface area (Å²) in [4.78, 5) is 0. The number of hydrogen-bond donors (Lipinski definition) is 1. The fraction of sp³-hybridized carbons (Fsp3) is 0.200. The summed E-state index contributed by atoms with van der Waals surface area (Å²) >= 11 is 0. The Morgan fingerprint density at radius 2 is 2.38 bits per heavy atom. The predicted molar refractivity (Wildman–Crippen MR) is 47.7 cm³/mol. The van der Waals surface area contributed by atoms with Crippen LogP contribution in [0.2, 0.25) is 0 Å². The van der Waals surface area contributed by atoms with Crippen LogP contribution in [0, 0.1) is 17.9 Å². The number of ether oxygens (including phenoxy) is 1. The van der Waals surface area contributed by atoms with Crippen molar-refractivity contribution in [2.45, 2.75) is 6.92 Å². The molecule has 0 heterocycles. The summed E-state index contributed by atoms with van der Waals surface area (Å²) in [6.07, 6.45) is 0. The van der Waals surface area contributed by atoms with Crippen LogP contribution in [0.4, 0.5) is 0 Å². The Hall–Kier alpha value is -1.53. The molecular formula is C10H10NO2. The second-order valence-corrected chi connectivity index (χ2v) is 2.43. The van der Waals surface area contributed by atoms with E-state index >= 15 is 0 Å². The average Bonchev–Trinajstić information content (AvgIpc) is 2.18. The zero-order chi connectivity index (χ0) is 9.68. The third kappa shape index (κ3) is 2.20. The molecule has 1 aromatic rings. The summed E-state index contributed by atoms with van der Waals surface area (Å²) in [5.74, 6) is 0.507. The summed E-state index contributed by atoms with van der Waals surface area (Å²) < 4.78 is 5.22. The molecule has 13 heavy (non-hydrogen) atoms. The molecule has 3 heteroatoms. The highest BCUT2D eigenvalue weighted by Gasteiger charge is 2.03. The number of nitrogens with zero attached hydrogens (tertiary/aromatic N) is 1. The van der Waals surface area contributed by atoms with Crippen molar-refractivity contribution < 1.29 is 9.84 Å². The summed E-state index contributed by atoms with van der Waals surface area (Å²) in [5.41, 5.74) is 1.11. The number of hydrogen-bond acceptors (Lipinski definition) is 3. The van der Waals surface area contributed by atoms with E-state index in [9.17, 15) is 0 Å². The summed E-state index contributed by atoms with van der Waals surface area (Å²) in [6, 6.07) is 6.91. The fourth-order valence-corrected chi connectivity index (χ4v) is 0.987. The van der Waals surface area contributed by atoms with Crippen LogP contribution in [0.3, 0.4) is 0 Å². The maximum Gasteiger partial charge on any atom is 0.137 e. The summed E-state index contributed by atoms with van der Waals surface area (Å²) in [5, 5.41) is 17.4.